The second-order valence-electron chi connectivity index (χ2n) is 11.6. The maximum atomic E-state index is 14.6. The molecule has 10 nitrogen and oxygen atoms in total. The summed E-state index contributed by atoms with van der Waals surface area (Å²) < 4.78 is 56.2. The van der Waals surface area contributed by atoms with Gasteiger partial charge >= 0.3 is 18.2 Å². The van der Waals surface area contributed by atoms with E-state index < -0.39 is 36.0 Å². The summed E-state index contributed by atoms with van der Waals surface area (Å²) in [6, 6.07) is 11.3. The van der Waals surface area contributed by atoms with Crippen molar-refractivity contribution < 1.29 is 37.3 Å². The van der Waals surface area contributed by atoms with Gasteiger partial charge in [0.2, 0.25) is 12.0 Å². The van der Waals surface area contributed by atoms with Crippen molar-refractivity contribution in [1.82, 2.24) is 25.1 Å². The number of nitrogens with one attached hydrogen (secondary N) is 1. The molecule has 5 rings (SSSR count). The van der Waals surface area contributed by atoms with E-state index in [1.165, 1.54) is 29.1 Å². The number of carboxylic acids is 1. The van der Waals surface area contributed by atoms with Crippen LogP contribution < -0.4 is 10.1 Å². The molecule has 15 heteroatoms. The Labute approximate surface area is 276 Å². The molecule has 0 aliphatic rings. The smallest absolute Gasteiger partial charge is 0.429 e. The molecule has 1 amide bonds. The van der Waals surface area contributed by atoms with Crippen LogP contribution in [0.5, 0.6) is 5.88 Å². The first-order valence-electron chi connectivity index (χ1n) is 14.2. The Kier molecular flexibility index (Phi) is 9.46. The molecule has 0 radical (unpaired) electrons. The standard InChI is InChI=1S/C32H29ClF3N5O5S/c1-17-11-12-41(40-17)24-14-20(33)9-10-21(24)27(32(34,35)36)45-28-26-25(37-16-38-28)22(15-47-26)19-7-5-18(6-8-19)13-23(29(42)43)39-30(44)46-31(2,3)4/h5-12,14-16,23,27H,13H2,1-4H3,(H,39,44)(H,42,43)/t23?,27-/m1/s1. The predicted octanol–water partition coefficient (Wildman–Crippen LogP) is 7.71. The van der Waals surface area contributed by atoms with Gasteiger partial charge in [0.25, 0.3) is 0 Å². The third kappa shape index (κ3) is 8.00. The summed E-state index contributed by atoms with van der Waals surface area (Å²) in [5.41, 5.74) is 2.01. The average Bonchev–Trinajstić information content (AvgIpc) is 3.61. The lowest BCUT2D eigenvalue weighted by Crippen LogP contribution is -2.44. The van der Waals surface area contributed by atoms with Gasteiger partial charge in [0.1, 0.15) is 22.7 Å². The lowest BCUT2D eigenvalue weighted by Gasteiger charge is -2.24. The van der Waals surface area contributed by atoms with Gasteiger partial charge in [0, 0.05) is 34.1 Å². The van der Waals surface area contributed by atoms with Crippen LogP contribution in [0.4, 0.5) is 18.0 Å². The molecule has 47 heavy (non-hydrogen) atoms. The number of ether oxygens (including phenoxy) is 2. The number of hydrogen-bond donors (Lipinski definition) is 2. The van der Waals surface area contributed by atoms with E-state index in [0.717, 1.165) is 17.7 Å². The molecule has 5 aromatic rings. The maximum Gasteiger partial charge on any atom is 0.429 e. The SMILES string of the molecule is Cc1ccn(-c2cc(Cl)ccc2[C@@H](Oc2ncnc3c(-c4ccc(CC(NC(=O)OC(C)(C)C)C(=O)O)cc4)csc23)C(F)(F)F)n1. The van der Waals surface area contributed by atoms with Crippen molar-refractivity contribution in [2.24, 2.45) is 0 Å². The molecule has 2 aromatic carbocycles. The van der Waals surface area contributed by atoms with Crippen LogP contribution in [0.25, 0.3) is 27.0 Å². The van der Waals surface area contributed by atoms with Gasteiger partial charge in [-0.15, -0.1) is 11.3 Å². The molecule has 3 aromatic heterocycles. The number of carbonyl (C=O) groups is 2. The summed E-state index contributed by atoms with van der Waals surface area (Å²) >= 11 is 7.28. The van der Waals surface area contributed by atoms with Crippen LogP contribution in [0.2, 0.25) is 5.02 Å². The number of alkyl carbamates (subject to hydrolysis) is 1. The number of amides is 1. The lowest BCUT2D eigenvalue weighted by molar-refractivity contribution is -0.198. The second kappa shape index (κ2) is 13.2. The van der Waals surface area contributed by atoms with E-state index in [1.807, 2.05) is 0 Å². The highest BCUT2D eigenvalue weighted by Gasteiger charge is 2.45. The molecule has 0 saturated heterocycles. The number of aryl methyl sites for hydroxylation is 1. The molecule has 3 heterocycles. The van der Waals surface area contributed by atoms with Crippen LogP contribution >= 0.6 is 22.9 Å². The van der Waals surface area contributed by atoms with Crippen LogP contribution in [-0.2, 0) is 16.0 Å². The highest BCUT2D eigenvalue weighted by Crippen LogP contribution is 2.43. The summed E-state index contributed by atoms with van der Waals surface area (Å²) in [5, 5.41) is 18.2. The number of alkyl halides is 3. The molecule has 0 spiro atoms. The summed E-state index contributed by atoms with van der Waals surface area (Å²) in [5.74, 6) is -1.48. The van der Waals surface area contributed by atoms with Crippen molar-refractivity contribution in [2.75, 3.05) is 0 Å². The van der Waals surface area contributed by atoms with Crippen LogP contribution in [0, 0.1) is 6.92 Å². The van der Waals surface area contributed by atoms with Gasteiger partial charge in [0.15, 0.2) is 0 Å². The van der Waals surface area contributed by atoms with E-state index in [1.54, 1.807) is 63.4 Å². The Morgan fingerprint density at radius 2 is 1.81 bits per heavy atom. The van der Waals surface area contributed by atoms with Crippen molar-refractivity contribution in [3.8, 4) is 22.7 Å². The summed E-state index contributed by atoms with van der Waals surface area (Å²) in [4.78, 5) is 32.3. The summed E-state index contributed by atoms with van der Waals surface area (Å²) in [6.45, 7) is 6.73. The minimum Gasteiger partial charge on any atom is -0.480 e. The van der Waals surface area contributed by atoms with Gasteiger partial charge in [-0.1, -0.05) is 41.9 Å². The normalized spacial score (nSPS) is 13.3. The van der Waals surface area contributed by atoms with E-state index in [9.17, 15) is 27.9 Å². The molecule has 0 bridgehead atoms. The molecule has 0 fully saturated rings. The first-order valence-corrected chi connectivity index (χ1v) is 15.4. The second-order valence-corrected chi connectivity index (χ2v) is 12.9. The molecule has 0 aliphatic carbocycles. The zero-order valence-electron chi connectivity index (χ0n) is 25.5. The fourth-order valence-corrected chi connectivity index (χ4v) is 5.85. The molecular formula is C32H29ClF3N5O5S. The number of nitrogens with zero attached hydrogens (tertiary/aromatic N) is 4. The van der Waals surface area contributed by atoms with Gasteiger partial charge in [-0.25, -0.2) is 24.2 Å². The average molecular weight is 688 g/mol. The zero-order valence-corrected chi connectivity index (χ0v) is 27.1. The number of aliphatic carboxylic acids is 1. The molecule has 1 unspecified atom stereocenters. The number of aromatic nitrogens is 4. The minimum absolute atomic E-state index is 0.0109. The van der Waals surface area contributed by atoms with Crippen LogP contribution in [-0.4, -0.2) is 54.7 Å². The third-order valence-electron chi connectivity index (χ3n) is 6.79. The highest BCUT2D eigenvalue weighted by molar-refractivity contribution is 7.18. The maximum absolute atomic E-state index is 14.6. The molecule has 2 atom stereocenters. The predicted molar refractivity (Wildman–Crippen MR) is 170 cm³/mol. The quantitative estimate of drug-likeness (QED) is 0.161. The number of benzene rings is 2. The van der Waals surface area contributed by atoms with Crippen molar-refractivity contribution in [2.45, 2.75) is 58.0 Å². The van der Waals surface area contributed by atoms with E-state index in [-0.39, 0.29) is 28.6 Å². The topological polar surface area (TPSA) is 128 Å². The monoisotopic (exact) mass is 687 g/mol. The van der Waals surface area contributed by atoms with E-state index in [4.69, 9.17) is 21.1 Å². The first-order chi connectivity index (χ1) is 22.1. The van der Waals surface area contributed by atoms with Gasteiger partial charge in [-0.2, -0.15) is 18.3 Å². The molecule has 0 saturated carbocycles. The van der Waals surface area contributed by atoms with Gasteiger partial charge < -0.3 is 19.9 Å². The number of halogens is 4. The van der Waals surface area contributed by atoms with Crippen molar-refractivity contribution >= 4 is 45.2 Å². The van der Waals surface area contributed by atoms with Gasteiger partial charge in [0.05, 0.1) is 16.9 Å². The summed E-state index contributed by atoms with van der Waals surface area (Å²) in [6.07, 6.45) is -5.42. The molecule has 0 aliphatic heterocycles. The Balaban J connectivity index is 1.42. The number of carbonyl (C=O) groups excluding carboxylic acids is 1. The molecule has 2 N–H and O–H groups in total. The Bertz CT molecular complexity index is 1920. The lowest BCUT2D eigenvalue weighted by atomic mass is 10.0. The number of hydrogen-bond acceptors (Lipinski definition) is 8. The van der Waals surface area contributed by atoms with E-state index >= 15 is 0 Å². The van der Waals surface area contributed by atoms with E-state index in [0.29, 0.717) is 32.6 Å². The van der Waals surface area contributed by atoms with Crippen LogP contribution in [0.15, 0.2) is 66.4 Å². The minimum atomic E-state index is -4.83. The van der Waals surface area contributed by atoms with Crippen molar-refractivity contribution in [3.63, 3.8) is 0 Å². The third-order valence-corrected chi connectivity index (χ3v) is 7.98. The number of carboxylic acid groups (broad SMARTS) is 1. The van der Waals surface area contributed by atoms with Crippen LogP contribution in [0.3, 0.4) is 0 Å². The Morgan fingerprint density at radius 3 is 2.43 bits per heavy atom. The number of rotatable bonds is 9. The summed E-state index contributed by atoms with van der Waals surface area (Å²) in [7, 11) is 0. The Morgan fingerprint density at radius 1 is 1.09 bits per heavy atom. The van der Waals surface area contributed by atoms with Crippen LogP contribution in [0.1, 0.15) is 43.7 Å². The number of fused-ring (bicyclic) bond motifs is 1. The zero-order chi connectivity index (χ0) is 34.1. The molecule has 246 valence electrons. The number of thiophene rings is 1. The largest absolute Gasteiger partial charge is 0.480 e. The van der Waals surface area contributed by atoms with Gasteiger partial charge in [-0.05, 0) is 57.0 Å². The molecular weight excluding hydrogens is 659 g/mol. The fraction of sp³-hybridized carbons (Fsp3) is 0.281. The Hall–Kier alpha value is -4.69. The first kappa shape index (κ1) is 33.7. The highest BCUT2D eigenvalue weighted by atomic mass is 35.5. The van der Waals surface area contributed by atoms with Gasteiger partial charge in [-0.3, -0.25) is 0 Å². The van der Waals surface area contributed by atoms with Crippen molar-refractivity contribution in [3.05, 3.63) is 88.3 Å². The van der Waals surface area contributed by atoms with E-state index in [2.05, 4.69) is 20.4 Å². The fourth-order valence-electron chi connectivity index (χ4n) is 4.73. The van der Waals surface area contributed by atoms with Crippen molar-refractivity contribution in [1.29, 1.82) is 0 Å².